The van der Waals surface area contributed by atoms with Crippen molar-refractivity contribution in [3.05, 3.63) is 106 Å². The molecule has 4 aromatic rings. The van der Waals surface area contributed by atoms with Gasteiger partial charge >= 0.3 is 0 Å². The van der Waals surface area contributed by atoms with Gasteiger partial charge in [0.2, 0.25) is 0 Å². The molecule has 7 nitrogen and oxygen atoms in total. The van der Waals surface area contributed by atoms with Gasteiger partial charge in [0.15, 0.2) is 5.13 Å². The van der Waals surface area contributed by atoms with Crippen LogP contribution in [0.2, 0.25) is 5.02 Å². The van der Waals surface area contributed by atoms with Crippen molar-refractivity contribution in [3.8, 4) is 11.3 Å². The number of imide groups is 1. The number of hydrogen-bond donors (Lipinski definition) is 2. The van der Waals surface area contributed by atoms with Gasteiger partial charge in [-0.3, -0.25) is 19.7 Å². The van der Waals surface area contributed by atoms with Gasteiger partial charge in [0, 0.05) is 22.2 Å². The smallest absolute Gasteiger partial charge is 0.283 e. The van der Waals surface area contributed by atoms with E-state index >= 15 is 0 Å². The molecule has 0 saturated heterocycles. The van der Waals surface area contributed by atoms with Gasteiger partial charge in [-0.25, -0.2) is 9.88 Å². The topological polar surface area (TPSA) is 91.4 Å². The zero-order chi connectivity index (χ0) is 25.2. The molecule has 0 spiro atoms. The molecule has 1 aliphatic heterocycles. The maximum Gasteiger partial charge on any atom is 0.283 e. The Bertz CT molecular complexity index is 1530. The van der Waals surface area contributed by atoms with Gasteiger partial charge in [0.05, 0.1) is 16.4 Å². The van der Waals surface area contributed by atoms with Gasteiger partial charge in [-0.2, -0.15) is 0 Å². The molecule has 0 atom stereocenters. The Labute approximate surface area is 220 Å². The number of carbonyl (C=O) groups is 3. The summed E-state index contributed by atoms with van der Waals surface area (Å²) < 4.78 is 0. The Morgan fingerprint density at radius 3 is 2.42 bits per heavy atom. The molecule has 0 aliphatic carbocycles. The second-order valence-electron chi connectivity index (χ2n) is 7.65. The van der Waals surface area contributed by atoms with Crippen LogP contribution in [0.25, 0.3) is 11.3 Å². The van der Waals surface area contributed by atoms with Gasteiger partial charge in [0.1, 0.15) is 10.7 Å². The van der Waals surface area contributed by atoms with Crippen LogP contribution in [-0.2, 0) is 9.59 Å². The minimum absolute atomic E-state index is 0.105. The summed E-state index contributed by atoms with van der Waals surface area (Å²) in [6.07, 6.45) is 0. The molecule has 3 amide bonds. The summed E-state index contributed by atoms with van der Waals surface area (Å²) >= 11 is 13.7. The lowest BCUT2D eigenvalue weighted by Crippen LogP contribution is -2.32. The second-order valence-corrected chi connectivity index (χ2v) is 9.29. The van der Waals surface area contributed by atoms with E-state index in [1.165, 1.54) is 11.3 Å². The van der Waals surface area contributed by atoms with E-state index < -0.39 is 11.8 Å². The van der Waals surface area contributed by atoms with Crippen LogP contribution in [0.3, 0.4) is 0 Å². The molecular formula is C26H16Cl2N4O3S. The lowest BCUT2D eigenvalue weighted by atomic mass is 10.2. The number of halogens is 2. The molecule has 0 saturated carbocycles. The van der Waals surface area contributed by atoms with Crippen LogP contribution in [0.4, 0.5) is 16.5 Å². The van der Waals surface area contributed by atoms with Crippen molar-refractivity contribution < 1.29 is 14.4 Å². The first-order chi connectivity index (χ1) is 17.4. The number of aromatic nitrogens is 1. The van der Waals surface area contributed by atoms with E-state index in [1.54, 1.807) is 48.5 Å². The largest absolute Gasteiger partial charge is 0.350 e. The van der Waals surface area contributed by atoms with Crippen LogP contribution in [0.5, 0.6) is 0 Å². The van der Waals surface area contributed by atoms with E-state index in [4.69, 9.17) is 23.2 Å². The van der Waals surface area contributed by atoms with Gasteiger partial charge in [-0.15, -0.1) is 11.3 Å². The van der Waals surface area contributed by atoms with E-state index in [1.807, 2.05) is 35.7 Å². The van der Waals surface area contributed by atoms with Gasteiger partial charge in [0.25, 0.3) is 17.7 Å². The van der Waals surface area contributed by atoms with E-state index in [-0.39, 0.29) is 27.3 Å². The number of thiazole rings is 1. The predicted molar refractivity (Wildman–Crippen MR) is 142 cm³/mol. The SMILES string of the molecule is O=C(Nc1nc(-c2ccccc2)cs1)c1cccc(NC2=C(Cl)C(=O)N(c3ccccc3Cl)C2=O)c1. The minimum Gasteiger partial charge on any atom is -0.350 e. The maximum atomic E-state index is 13.0. The first-order valence-electron chi connectivity index (χ1n) is 10.6. The predicted octanol–water partition coefficient (Wildman–Crippen LogP) is 6.15. The number of amides is 3. The highest BCUT2D eigenvalue weighted by Crippen LogP contribution is 2.34. The molecule has 1 aliphatic rings. The van der Waals surface area contributed by atoms with Crippen molar-refractivity contribution in [2.24, 2.45) is 0 Å². The summed E-state index contributed by atoms with van der Waals surface area (Å²) in [5.41, 5.74) is 2.57. The van der Waals surface area contributed by atoms with Crippen molar-refractivity contribution in [2.75, 3.05) is 15.5 Å². The standard InChI is InChI=1S/C26H16Cl2N4O3S/c27-18-11-4-5-12-20(18)32-24(34)21(28)22(25(32)35)29-17-10-6-9-16(13-17)23(33)31-26-30-19(14-36-26)15-7-2-1-3-8-15/h1-14,29H,(H,30,31,33). The minimum atomic E-state index is -0.691. The fourth-order valence-corrected chi connectivity index (χ4v) is 4.74. The second kappa shape index (κ2) is 9.94. The molecule has 3 aromatic carbocycles. The van der Waals surface area contributed by atoms with Crippen LogP contribution in [0.1, 0.15) is 10.4 Å². The molecule has 178 valence electrons. The average Bonchev–Trinajstić information content (AvgIpc) is 3.44. The Morgan fingerprint density at radius 2 is 1.64 bits per heavy atom. The van der Waals surface area contributed by atoms with Crippen molar-refractivity contribution >= 4 is 68.8 Å². The fraction of sp³-hybridized carbons (Fsp3) is 0. The molecule has 1 aromatic heterocycles. The third-order valence-corrected chi connectivity index (χ3v) is 6.74. The van der Waals surface area contributed by atoms with E-state index in [0.29, 0.717) is 16.4 Å². The number of benzene rings is 3. The lowest BCUT2D eigenvalue weighted by molar-refractivity contribution is -0.120. The molecule has 0 bridgehead atoms. The van der Waals surface area contributed by atoms with Crippen LogP contribution in [0, 0.1) is 0 Å². The van der Waals surface area contributed by atoms with Gasteiger partial charge < -0.3 is 5.32 Å². The highest BCUT2D eigenvalue weighted by Gasteiger charge is 2.39. The van der Waals surface area contributed by atoms with Gasteiger partial charge in [-0.05, 0) is 30.3 Å². The number of anilines is 3. The summed E-state index contributed by atoms with van der Waals surface area (Å²) in [7, 11) is 0. The van der Waals surface area contributed by atoms with Crippen molar-refractivity contribution in [3.63, 3.8) is 0 Å². The summed E-state index contributed by atoms with van der Waals surface area (Å²) in [6.45, 7) is 0. The zero-order valence-electron chi connectivity index (χ0n) is 18.4. The Hall–Kier alpha value is -3.98. The first kappa shape index (κ1) is 23.7. The summed E-state index contributed by atoms with van der Waals surface area (Å²) in [6, 6.07) is 22.6. The number of rotatable bonds is 6. The molecule has 0 radical (unpaired) electrons. The third-order valence-electron chi connectivity index (χ3n) is 5.31. The summed E-state index contributed by atoms with van der Waals surface area (Å²) in [5, 5.41) is 7.95. The van der Waals surface area contributed by atoms with Crippen LogP contribution < -0.4 is 15.5 Å². The molecule has 5 rings (SSSR count). The van der Waals surface area contributed by atoms with Crippen LogP contribution >= 0.6 is 34.5 Å². The highest BCUT2D eigenvalue weighted by atomic mass is 35.5. The third kappa shape index (κ3) is 4.61. The Balaban J connectivity index is 1.32. The first-order valence-corrected chi connectivity index (χ1v) is 12.3. The molecule has 36 heavy (non-hydrogen) atoms. The highest BCUT2D eigenvalue weighted by molar-refractivity contribution is 7.14. The summed E-state index contributed by atoms with van der Waals surface area (Å²) in [4.78, 5) is 44.0. The number of hydrogen-bond acceptors (Lipinski definition) is 6. The average molecular weight is 535 g/mol. The van der Waals surface area contributed by atoms with E-state index in [0.717, 1.165) is 16.2 Å². The maximum absolute atomic E-state index is 13.0. The Morgan fingerprint density at radius 1 is 0.889 bits per heavy atom. The van der Waals surface area contributed by atoms with E-state index in [2.05, 4.69) is 15.6 Å². The van der Waals surface area contributed by atoms with E-state index in [9.17, 15) is 14.4 Å². The molecular weight excluding hydrogens is 519 g/mol. The molecule has 2 N–H and O–H groups in total. The normalized spacial score (nSPS) is 13.3. The van der Waals surface area contributed by atoms with Crippen molar-refractivity contribution in [2.45, 2.75) is 0 Å². The van der Waals surface area contributed by atoms with Gasteiger partial charge in [-0.1, -0.05) is 71.7 Å². The van der Waals surface area contributed by atoms with Crippen LogP contribution in [-0.4, -0.2) is 22.7 Å². The number of nitrogens with one attached hydrogen (secondary N) is 2. The fourth-order valence-electron chi connectivity index (χ4n) is 3.59. The molecule has 0 unspecified atom stereocenters. The molecule has 10 heteroatoms. The quantitative estimate of drug-likeness (QED) is 0.289. The van der Waals surface area contributed by atoms with Crippen molar-refractivity contribution in [1.82, 2.24) is 4.98 Å². The summed E-state index contributed by atoms with van der Waals surface area (Å²) in [5.74, 6) is -1.72. The van der Waals surface area contributed by atoms with Crippen LogP contribution in [0.15, 0.2) is 95.0 Å². The molecule has 2 heterocycles. The molecule has 0 fully saturated rings. The monoisotopic (exact) mass is 534 g/mol. The van der Waals surface area contributed by atoms with Crippen molar-refractivity contribution in [1.29, 1.82) is 0 Å². The zero-order valence-corrected chi connectivity index (χ0v) is 20.7. The number of carbonyl (C=O) groups excluding carboxylic acids is 3. The number of nitrogens with zero attached hydrogens (tertiary/aromatic N) is 2. The lowest BCUT2D eigenvalue weighted by Gasteiger charge is -2.16. The number of para-hydroxylation sites is 1. The Kier molecular flexibility index (Phi) is 6.56.